The van der Waals surface area contributed by atoms with Crippen LogP contribution in [0.3, 0.4) is 0 Å². The maximum atomic E-state index is 10.8. The summed E-state index contributed by atoms with van der Waals surface area (Å²) in [7, 11) is 1.47. The lowest BCUT2D eigenvalue weighted by molar-refractivity contribution is -0.139. The maximum Gasteiger partial charge on any atom is 0.341 e. The van der Waals surface area contributed by atoms with E-state index in [4.69, 9.17) is 14.6 Å². The second kappa shape index (κ2) is 12.2. The molecule has 1 aromatic heterocycles. The molecule has 0 aliphatic carbocycles. The number of aromatic nitrogens is 3. The van der Waals surface area contributed by atoms with Gasteiger partial charge in [-0.25, -0.2) is 10.2 Å². The normalized spacial score (nSPS) is 13.4. The third-order valence-corrected chi connectivity index (χ3v) is 5.85. The minimum atomic E-state index is -1.08. The fourth-order valence-corrected chi connectivity index (χ4v) is 4.18. The van der Waals surface area contributed by atoms with Crippen molar-refractivity contribution < 1.29 is 19.4 Å². The van der Waals surface area contributed by atoms with Gasteiger partial charge in [-0.15, -0.1) is 0 Å². The second-order valence-electron chi connectivity index (χ2n) is 7.91. The minimum absolute atomic E-state index is 0.297. The third kappa shape index (κ3) is 6.81. The van der Waals surface area contributed by atoms with Crippen molar-refractivity contribution in [3.63, 3.8) is 0 Å². The number of aliphatic carboxylic acids is 1. The van der Waals surface area contributed by atoms with Crippen molar-refractivity contribution in [1.82, 2.24) is 15.0 Å². The van der Waals surface area contributed by atoms with Crippen LogP contribution in [0.4, 0.5) is 23.5 Å². The molecule has 0 unspecified atom stereocenters. The first-order valence-electron chi connectivity index (χ1n) is 11.4. The van der Waals surface area contributed by atoms with E-state index in [0.29, 0.717) is 39.4 Å². The van der Waals surface area contributed by atoms with Crippen molar-refractivity contribution in [1.29, 1.82) is 0 Å². The molecule has 3 aromatic rings. The summed E-state index contributed by atoms with van der Waals surface area (Å²) in [4.78, 5) is 26.6. The average Bonchev–Trinajstić information content (AvgIpc) is 2.88. The zero-order chi connectivity index (χ0) is 25.3. The Hall–Kier alpha value is -3.93. The molecule has 1 aliphatic rings. The van der Waals surface area contributed by atoms with Crippen molar-refractivity contribution >= 4 is 51.6 Å². The number of benzene rings is 2. The van der Waals surface area contributed by atoms with Crippen LogP contribution < -0.4 is 25.1 Å². The van der Waals surface area contributed by atoms with E-state index in [1.54, 1.807) is 18.3 Å². The summed E-state index contributed by atoms with van der Waals surface area (Å²) in [5, 5.41) is 16.4. The molecule has 1 aliphatic heterocycles. The number of carbonyl (C=O) groups is 1. The van der Waals surface area contributed by atoms with Crippen LogP contribution in [-0.4, -0.2) is 59.0 Å². The Morgan fingerprint density at radius 2 is 1.89 bits per heavy atom. The number of piperidine rings is 1. The number of ether oxygens (including phenoxy) is 2. The fraction of sp³-hybridized carbons (Fsp3) is 0.292. The molecule has 36 heavy (non-hydrogen) atoms. The number of nitrogens with one attached hydrogen (secondary N) is 2. The van der Waals surface area contributed by atoms with Gasteiger partial charge in [-0.05, 0) is 65.0 Å². The number of carboxylic acids is 1. The Kier molecular flexibility index (Phi) is 8.50. The number of rotatable bonds is 10. The van der Waals surface area contributed by atoms with Gasteiger partial charge >= 0.3 is 5.97 Å². The molecule has 2 aromatic carbocycles. The van der Waals surface area contributed by atoms with Crippen LogP contribution in [0, 0.1) is 0 Å². The highest BCUT2D eigenvalue weighted by molar-refractivity contribution is 9.10. The van der Waals surface area contributed by atoms with Gasteiger partial charge in [-0.2, -0.15) is 20.1 Å². The lowest BCUT2D eigenvalue weighted by Crippen LogP contribution is -2.31. The smallest absolute Gasteiger partial charge is 0.341 e. The Morgan fingerprint density at radius 3 is 2.61 bits per heavy atom. The second-order valence-corrected chi connectivity index (χ2v) is 8.76. The van der Waals surface area contributed by atoms with Crippen molar-refractivity contribution in [3.8, 4) is 11.5 Å². The number of hydrogen-bond acceptors (Lipinski definition) is 10. The molecule has 3 N–H and O–H groups in total. The molecule has 1 saturated heterocycles. The van der Waals surface area contributed by atoms with Crippen LogP contribution in [-0.2, 0) is 4.79 Å². The predicted molar refractivity (Wildman–Crippen MR) is 141 cm³/mol. The van der Waals surface area contributed by atoms with E-state index in [1.807, 2.05) is 30.3 Å². The summed E-state index contributed by atoms with van der Waals surface area (Å²) in [6, 6.07) is 13.1. The van der Waals surface area contributed by atoms with Gasteiger partial charge in [0.1, 0.15) is 0 Å². The van der Waals surface area contributed by atoms with Gasteiger partial charge in [0.2, 0.25) is 17.8 Å². The number of para-hydroxylation sites is 1. The predicted octanol–water partition coefficient (Wildman–Crippen LogP) is 4.29. The van der Waals surface area contributed by atoms with Crippen LogP contribution in [0.2, 0.25) is 0 Å². The van der Waals surface area contributed by atoms with Crippen LogP contribution in [0.1, 0.15) is 24.8 Å². The van der Waals surface area contributed by atoms with Gasteiger partial charge in [0, 0.05) is 18.8 Å². The molecular weight excluding hydrogens is 530 g/mol. The topological polar surface area (TPSA) is 134 Å². The standard InChI is InChI=1S/C24H26BrN7O4/c1-35-19-13-16(12-18(25)21(19)36-15-20(33)34)14-26-31-23-28-22(27-17-8-4-2-5-9-17)29-24(30-23)32-10-6-3-7-11-32/h2,4-5,8-9,12-14H,3,6-7,10-11,15H2,1H3,(H,33,34)(H2,27,28,29,30,31)/b26-14-. The first-order valence-corrected chi connectivity index (χ1v) is 12.2. The monoisotopic (exact) mass is 555 g/mol. The van der Waals surface area contributed by atoms with E-state index in [0.717, 1.165) is 31.6 Å². The molecule has 188 valence electrons. The summed E-state index contributed by atoms with van der Waals surface area (Å²) in [5.74, 6) is 0.886. The van der Waals surface area contributed by atoms with Gasteiger partial charge in [-0.1, -0.05) is 18.2 Å². The SMILES string of the molecule is COc1cc(/C=N\Nc2nc(Nc3ccccc3)nc(N3CCCCC3)n2)cc(Br)c1OCC(=O)O. The number of methoxy groups -OCH3 is 1. The Balaban J connectivity index is 1.54. The molecule has 1 fully saturated rings. The van der Waals surface area contributed by atoms with Gasteiger partial charge in [-0.3, -0.25) is 0 Å². The number of hydrogen-bond donors (Lipinski definition) is 3. The summed E-state index contributed by atoms with van der Waals surface area (Å²) in [5.41, 5.74) is 4.43. The largest absolute Gasteiger partial charge is 0.493 e. The van der Waals surface area contributed by atoms with Crippen molar-refractivity contribution in [2.45, 2.75) is 19.3 Å². The van der Waals surface area contributed by atoms with E-state index in [-0.39, 0.29) is 0 Å². The number of anilines is 4. The van der Waals surface area contributed by atoms with Crippen LogP contribution in [0.5, 0.6) is 11.5 Å². The Morgan fingerprint density at radius 1 is 1.14 bits per heavy atom. The minimum Gasteiger partial charge on any atom is -0.493 e. The molecule has 0 saturated carbocycles. The molecule has 12 heteroatoms. The van der Waals surface area contributed by atoms with Gasteiger partial charge in [0.05, 0.1) is 17.8 Å². The summed E-state index contributed by atoms with van der Waals surface area (Å²) >= 11 is 3.39. The fourth-order valence-electron chi connectivity index (χ4n) is 3.61. The molecule has 0 amide bonds. The van der Waals surface area contributed by atoms with E-state index >= 15 is 0 Å². The van der Waals surface area contributed by atoms with E-state index in [9.17, 15) is 4.79 Å². The van der Waals surface area contributed by atoms with E-state index < -0.39 is 12.6 Å². The summed E-state index contributed by atoms with van der Waals surface area (Å²) in [6.45, 7) is 1.30. The molecule has 11 nitrogen and oxygen atoms in total. The van der Waals surface area contributed by atoms with Crippen LogP contribution >= 0.6 is 15.9 Å². The molecule has 0 spiro atoms. The van der Waals surface area contributed by atoms with Crippen molar-refractivity contribution in [2.24, 2.45) is 5.10 Å². The summed E-state index contributed by atoms with van der Waals surface area (Å²) in [6.07, 6.45) is 4.96. The molecule has 0 radical (unpaired) electrons. The van der Waals surface area contributed by atoms with Gasteiger partial charge in [0.25, 0.3) is 0 Å². The number of halogens is 1. The molecule has 0 bridgehead atoms. The maximum absolute atomic E-state index is 10.8. The number of hydrazone groups is 1. The first-order chi connectivity index (χ1) is 17.5. The molecule has 4 rings (SSSR count). The lowest BCUT2D eigenvalue weighted by Gasteiger charge is -2.26. The first kappa shape index (κ1) is 25.2. The van der Waals surface area contributed by atoms with E-state index in [2.05, 4.69) is 51.6 Å². The lowest BCUT2D eigenvalue weighted by atomic mass is 10.1. The molecular formula is C24H26BrN7O4. The quantitative estimate of drug-likeness (QED) is 0.245. The van der Waals surface area contributed by atoms with Crippen molar-refractivity contribution in [3.05, 3.63) is 52.5 Å². The zero-order valence-corrected chi connectivity index (χ0v) is 21.2. The third-order valence-electron chi connectivity index (χ3n) is 5.26. The average molecular weight is 556 g/mol. The Labute approximate surface area is 216 Å². The molecule has 0 atom stereocenters. The Bertz CT molecular complexity index is 1220. The highest BCUT2D eigenvalue weighted by Crippen LogP contribution is 2.36. The number of nitrogens with zero attached hydrogens (tertiary/aromatic N) is 5. The number of carboxylic acid groups (broad SMARTS) is 1. The zero-order valence-electron chi connectivity index (χ0n) is 19.6. The highest BCUT2D eigenvalue weighted by Gasteiger charge is 2.17. The van der Waals surface area contributed by atoms with E-state index in [1.165, 1.54) is 13.5 Å². The van der Waals surface area contributed by atoms with Crippen LogP contribution in [0.15, 0.2) is 52.0 Å². The highest BCUT2D eigenvalue weighted by atomic mass is 79.9. The van der Waals surface area contributed by atoms with Crippen LogP contribution in [0.25, 0.3) is 0 Å². The van der Waals surface area contributed by atoms with Gasteiger partial charge < -0.3 is 24.8 Å². The molecule has 2 heterocycles. The van der Waals surface area contributed by atoms with Crippen molar-refractivity contribution in [2.75, 3.05) is 42.4 Å². The summed E-state index contributed by atoms with van der Waals surface area (Å²) < 4.78 is 11.2. The van der Waals surface area contributed by atoms with Gasteiger partial charge in [0.15, 0.2) is 18.1 Å².